The van der Waals surface area contributed by atoms with Gasteiger partial charge in [-0.2, -0.15) is 0 Å². The molecule has 0 bridgehead atoms. The summed E-state index contributed by atoms with van der Waals surface area (Å²) in [7, 11) is 0. The number of piperidine rings is 1. The second-order valence-electron chi connectivity index (χ2n) is 12.6. The predicted octanol–water partition coefficient (Wildman–Crippen LogP) is 1.80. The van der Waals surface area contributed by atoms with Crippen molar-refractivity contribution in [2.45, 2.75) is 87.7 Å². The smallest absolute Gasteiger partial charge is 0.232 e. The van der Waals surface area contributed by atoms with Crippen LogP contribution in [0.25, 0.3) is 0 Å². The summed E-state index contributed by atoms with van der Waals surface area (Å²) in [6.07, 6.45) is 12.2. The van der Waals surface area contributed by atoms with Gasteiger partial charge in [-0.25, -0.2) is 0 Å². The van der Waals surface area contributed by atoms with Crippen LogP contribution >= 0.6 is 0 Å². The van der Waals surface area contributed by atoms with Crippen molar-refractivity contribution in [3.63, 3.8) is 0 Å². The Kier molecular flexibility index (Phi) is 7.83. The summed E-state index contributed by atoms with van der Waals surface area (Å²) < 4.78 is 12.5. The van der Waals surface area contributed by atoms with E-state index in [0.717, 1.165) is 63.2 Å². The molecule has 0 aromatic heterocycles. The Morgan fingerprint density at radius 3 is 2.59 bits per heavy atom. The van der Waals surface area contributed by atoms with Crippen molar-refractivity contribution in [1.29, 1.82) is 0 Å². The molecule has 7 rings (SSSR count). The molecule has 1 amide bonds. The quantitative estimate of drug-likeness (QED) is 0.618. The average Bonchev–Trinajstić information content (AvgIpc) is 3.71. The zero-order valence-electron chi connectivity index (χ0n) is 23.0. The Hall–Kier alpha value is -2.24. The van der Waals surface area contributed by atoms with Gasteiger partial charge in [-0.3, -0.25) is 4.79 Å². The predicted molar refractivity (Wildman–Crippen MR) is 148 cm³/mol. The number of carbonyl (C=O) groups excluding carboxylic acids is 1. The van der Waals surface area contributed by atoms with E-state index >= 15 is 0 Å². The SMILES string of the molecule is O=C(C1C[NH2+]C[C@]12CCOc1c(OC3CC3)cccc12)N1CC[C@@H](c2ccccc2)C[C@H]1C1CCCCC1.[Cl-]. The lowest BCUT2D eigenvalue weighted by Gasteiger charge is -2.47. The van der Waals surface area contributed by atoms with E-state index in [9.17, 15) is 4.79 Å². The number of hydrogen-bond donors (Lipinski definition) is 1. The zero-order valence-corrected chi connectivity index (χ0v) is 23.8. The first-order chi connectivity index (χ1) is 18.7. The van der Waals surface area contributed by atoms with Crippen molar-refractivity contribution < 1.29 is 32.0 Å². The Morgan fingerprint density at radius 2 is 1.79 bits per heavy atom. The van der Waals surface area contributed by atoms with Gasteiger partial charge in [-0.15, -0.1) is 0 Å². The number of fused-ring (bicyclic) bond motifs is 2. The van der Waals surface area contributed by atoms with E-state index in [1.54, 1.807) is 0 Å². The number of carbonyl (C=O) groups is 1. The summed E-state index contributed by atoms with van der Waals surface area (Å²) in [5, 5.41) is 2.39. The standard InChI is InChI=1S/C33H42N2O3.ClH/c36-32(35-18-16-25(23-8-3-1-4-9-23)20-29(35)24-10-5-2-6-11-24)28-21-34-22-33(28)17-19-37-31-27(33)12-7-13-30(31)38-26-14-15-26;/h1,3-4,7-9,12-13,24-26,28-29,34H,2,5-6,10-11,14-22H2;1H/t25-,28?,29+,33+;/m1./s1. The lowest BCUT2D eigenvalue weighted by molar-refractivity contribution is -0.640. The third kappa shape index (κ3) is 5.06. The fraction of sp³-hybridized carbons (Fsp3) is 0.606. The molecule has 4 fully saturated rings. The molecule has 3 aliphatic heterocycles. The fourth-order valence-corrected chi connectivity index (χ4v) is 8.24. The summed E-state index contributed by atoms with van der Waals surface area (Å²) >= 11 is 0. The minimum Gasteiger partial charge on any atom is -1.00 e. The molecule has 1 spiro atoms. The molecule has 1 unspecified atom stereocenters. The Morgan fingerprint density at radius 1 is 0.974 bits per heavy atom. The highest BCUT2D eigenvalue weighted by Gasteiger charge is 2.56. The molecule has 6 heteroatoms. The molecular formula is C33H43ClN2O3. The average molecular weight is 551 g/mol. The molecule has 2 N–H and O–H groups in total. The van der Waals surface area contributed by atoms with Crippen LogP contribution in [0.4, 0.5) is 0 Å². The molecule has 5 nitrogen and oxygen atoms in total. The summed E-state index contributed by atoms with van der Waals surface area (Å²) in [6.45, 7) is 3.39. The van der Waals surface area contributed by atoms with Crippen LogP contribution in [0.15, 0.2) is 48.5 Å². The lowest BCUT2D eigenvalue weighted by Crippen LogP contribution is -3.00. The van der Waals surface area contributed by atoms with Gasteiger partial charge in [0.15, 0.2) is 11.5 Å². The molecule has 0 radical (unpaired) electrons. The monoisotopic (exact) mass is 550 g/mol. The van der Waals surface area contributed by atoms with Crippen molar-refractivity contribution in [2.75, 3.05) is 26.2 Å². The number of likely N-dealkylation sites (tertiary alicyclic amines) is 1. The maximum Gasteiger partial charge on any atom is 0.232 e. The van der Waals surface area contributed by atoms with Crippen LogP contribution in [0.2, 0.25) is 0 Å². The third-order valence-corrected chi connectivity index (χ3v) is 10.4. The van der Waals surface area contributed by atoms with Gasteiger partial charge in [-0.05, 0) is 68.4 Å². The van der Waals surface area contributed by atoms with Gasteiger partial charge < -0.3 is 32.1 Å². The summed E-state index contributed by atoms with van der Waals surface area (Å²) in [4.78, 5) is 17.1. The lowest BCUT2D eigenvalue weighted by atomic mass is 9.67. The second-order valence-corrected chi connectivity index (χ2v) is 12.6. The largest absolute Gasteiger partial charge is 1.00 e. The zero-order chi connectivity index (χ0) is 25.5. The number of para-hydroxylation sites is 1. The Bertz CT molecular complexity index is 1150. The van der Waals surface area contributed by atoms with Gasteiger partial charge in [0.05, 0.1) is 31.2 Å². The van der Waals surface area contributed by atoms with Gasteiger partial charge >= 0.3 is 0 Å². The molecule has 2 saturated heterocycles. The maximum atomic E-state index is 14.7. The van der Waals surface area contributed by atoms with Crippen LogP contribution in [0, 0.1) is 11.8 Å². The Balaban J connectivity index is 0.00000277. The van der Waals surface area contributed by atoms with Gasteiger partial charge in [-0.1, -0.05) is 61.7 Å². The first-order valence-electron chi connectivity index (χ1n) is 15.3. The molecule has 2 aromatic rings. The number of hydrogen-bond acceptors (Lipinski definition) is 3. The van der Waals surface area contributed by atoms with Crippen molar-refractivity contribution in [3.8, 4) is 11.5 Å². The van der Waals surface area contributed by atoms with E-state index in [-0.39, 0.29) is 23.7 Å². The molecule has 2 aromatic carbocycles. The van der Waals surface area contributed by atoms with E-state index in [1.165, 1.54) is 43.2 Å². The number of halogens is 1. The van der Waals surface area contributed by atoms with Gasteiger partial charge in [0.25, 0.3) is 0 Å². The van der Waals surface area contributed by atoms with Crippen molar-refractivity contribution in [3.05, 3.63) is 59.7 Å². The van der Waals surface area contributed by atoms with Crippen molar-refractivity contribution in [1.82, 2.24) is 4.90 Å². The fourth-order valence-electron chi connectivity index (χ4n) is 8.24. The number of quaternary nitrogens is 1. The van der Waals surface area contributed by atoms with Crippen LogP contribution < -0.4 is 27.2 Å². The molecule has 4 atom stereocenters. The molecule has 2 aliphatic carbocycles. The highest BCUT2D eigenvalue weighted by molar-refractivity contribution is 5.82. The van der Waals surface area contributed by atoms with E-state index in [0.29, 0.717) is 36.5 Å². The summed E-state index contributed by atoms with van der Waals surface area (Å²) in [5.41, 5.74) is 2.50. The van der Waals surface area contributed by atoms with Crippen LogP contribution in [0.3, 0.4) is 0 Å². The van der Waals surface area contributed by atoms with Crippen molar-refractivity contribution >= 4 is 5.91 Å². The number of ether oxygens (including phenoxy) is 2. The van der Waals surface area contributed by atoms with E-state index in [1.807, 2.05) is 0 Å². The number of benzene rings is 2. The number of nitrogens with two attached hydrogens (primary N) is 1. The minimum absolute atomic E-state index is 0. The topological polar surface area (TPSA) is 55.4 Å². The summed E-state index contributed by atoms with van der Waals surface area (Å²) in [6, 6.07) is 17.8. The molecule has 3 heterocycles. The van der Waals surface area contributed by atoms with E-state index in [2.05, 4.69) is 58.7 Å². The minimum atomic E-state index is -0.166. The third-order valence-electron chi connectivity index (χ3n) is 10.4. The maximum absolute atomic E-state index is 14.7. The van der Waals surface area contributed by atoms with Crippen LogP contribution in [0.5, 0.6) is 11.5 Å². The number of rotatable bonds is 5. The number of amides is 1. The first-order valence-corrected chi connectivity index (χ1v) is 15.3. The van der Waals surface area contributed by atoms with Crippen molar-refractivity contribution in [2.24, 2.45) is 11.8 Å². The van der Waals surface area contributed by atoms with Gasteiger partial charge in [0.2, 0.25) is 5.91 Å². The second kappa shape index (κ2) is 11.3. The van der Waals surface area contributed by atoms with E-state index < -0.39 is 0 Å². The molecular weight excluding hydrogens is 508 g/mol. The van der Waals surface area contributed by atoms with Crippen LogP contribution in [-0.4, -0.2) is 49.2 Å². The number of nitrogens with zero attached hydrogens (tertiary/aromatic N) is 1. The Labute approximate surface area is 239 Å². The molecule has 2 saturated carbocycles. The van der Waals surface area contributed by atoms with Gasteiger partial charge in [0, 0.05) is 18.2 Å². The highest BCUT2D eigenvalue weighted by Crippen LogP contribution is 2.50. The van der Waals surface area contributed by atoms with Gasteiger partial charge in [0.1, 0.15) is 5.92 Å². The van der Waals surface area contributed by atoms with Crippen LogP contribution in [0.1, 0.15) is 81.3 Å². The highest BCUT2D eigenvalue weighted by atomic mass is 35.5. The molecule has 39 heavy (non-hydrogen) atoms. The van der Waals surface area contributed by atoms with Crippen LogP contribution in [-0.2, 0) is 10.2 Å². The normalized spacial score (nSPS) is 30.8. The molecule has 210 valence electrons. The molecule has 5 aliphatic rings. The van der Waals surface area contributed by atoms with E-state index in [4.69, 9.17) is 9.47 Å². The summed E-state index contributed by atoms with van der Waals surface area (Å²) in [5.74, 6) is 3.39. The first kappa shape index (κ1) is 27.0.